The van der Waals surface area contributed by atoms with Crippen LogP contribution in [0.25, 0.3) is 0 Å². The van der Waals surface area contributed by atoms with Gasteiger partial charge in [0.25, 0.3) is 0 Å². The fraction of sp³-hybridized carbons (Fsp3) is 0.500. The Morgan fingerprint density at radius 1 is 1.24 bits per heavy atom. The highest BCUT2D eigenvalue weighted by Crippen LogP contribution is 2.19. The van der Waals surface area contributed by atoms with E-state index in [-0.39, 0.29) is 6.42 Å². The highest BCUT2D eigenvalue weighted by molar-refractivity contribution is 5.66. The lowest BCUT2D eigenvalue weighted by molar-refractivity contribution is -0.137. The molecule has 3 heteroatoms. The predicted octanol–water partition coefficient (Wildman–Crippen LogP) is 2.99. The summed E-state index contributed by atoms with van der Waals surface area (Å²) in [5, 5.41) is 8.64. The Morgan fingerprint density at radius 2 is 1.82 bits per heavy atom. The zero-order chi connectivity index (χ0) is 12.8. The van der Waals surface area contributed by atoms with Crippen molar-refractivity contribution in [2.75, 3.05) is 18.0 Å². The molecule has 1 aromatic rings. The Balaban J connectivity index is 2.68. The van der Waals surface area contributed by atoms with Crippen molar-refractivity contribution in [3.63, 3.8) is 0 Å². The first-order valence-corrected chi connectivity index (χ1v) is 6.08. The van der Waals surface area contributed by atoms with Crippen LogP contribution in [0.1, 0.15) is 30.9 Å². The molecule has 0 aliphatic carbocycles. The first-order valence-electron chi connectivity index (χ1n) is 6.08. The van der Waals surface area contributed by atoms with Crippen molar-refractivity contribution in [2.45, 2.75) is 33.6 Å². The number of carboxylic acid groups (broad SMARTS) is 1. The van der Waals surface area contributed by atoms with Gasteiger partial charge in [-0.1, -0.05) is 6.07 Å². The van der Waals surface area contributed by atoms with E-state index in [2.05, 4.69) is 43.9 Å². The molecule has 0 saturated carbocycles. The van der Waals surface area contributed by atoms with Crippen LogP contribution in [0.15, 0.2) is 18.2 Å². The van der Waals surface area contributed by atoms with Crippen molar-refractivity contribution >= 4 is 11.7 Å². The summed E-state index contributed by atoms with van der Waals surface area (Å²) in [7, 11) is 0. The Kier molecular flexibility index (Phi) is 5.01. The molecule has 0 aliphatic rings. The number of nitrogens with zero attached hydrogens (tertiary/aromatic N) is 1. The normalized spacial score (nSPS) is 10.3. The molecule has 0 fully saturated rings. The van der Waals surface area contributed by atoms with Crippen LogP contribution < -0.4 is 4.90 Å². The van der Waals surface area contributed by atoms with E-state index in [9.17, 15) is 4.79 Å². The van der Waals surface area contributed by atoms with Crippen molar-refractivity contribution in [1.29, 1.82) is 0 Å². The standard InChI is InChI=1S/C14H21NO2/c1-4-15(7-5-6-14(16)17)13-9-11(2)8-12(3)10-13/h8-10H,4-7H2,1-3H3,(H,16,17). The first kappa shape index (κ1) is 13.6. The van der Waals surface area contributed by atoms with Gasteiger partial charge in [0.15, 0.2) is 0 Å². The van der Waals surface area contributed by atoms with E-state index in [1.165, 1.54) is 16.8 Å². The van der Waals surface area contributed by atoms with Crippen molar-refractivity contribution < 1.29 is 9.90 Å². The number of aliphatic carboxylic acids is 1. The van der Waals surface area contributed by atoms with Gasteiger partial charge in [-0.05, 0) is 50.5 Å². The summed E-state index contributed by atoms with van der Waals surface area (Å²) in [5.41, 5.74) is 3.68. The number of carboxylic acids is 1. The van der Waals surface area contributed by atoms with Gasteiger partial charge >= 0.3 is 5.97 Å². The van der Waals surface area contributed by atoms with Crippen LogP contribution in [0, 0.1) is 13.8 Å². The minimum Gasteiger partial charge on any atom is -0.481 e. The topological polar surface area (TPSA) is 40.5 Å². The molecule has 0 radical (unpaired) electrons. The van der Waals surface area contributed by atoms with Gasteiger partial charge in [-0.3, -0.25) is 4.79 Å². The van der Waals surface area contributed by atoms with Crippen LogP contribution in [-0.4, -0.2) is 24.2 Å². The molecule has 1 N–H and O–H groups in total. The van der Waals surface area contributed by atoms with Gasteiger partial charge in [-0.2, -0.15) is 0 Å². The maximum Gasteiger partial charge on any atom is 0.303 e. The van der Waals surface area contributed by atoms with Crippen molar-refractivity contribution in [2.24, 2.45) is 0 Å². The lowest BCUT2D eigenvalue weighted by Gasteiger charge is -2.23. The van der Waals surface area contributed by atoms with Crippen LogP contribution in [0.3, 0.4) is 0 Å². The Bertz CT molecular complexity index is 368. The van der Waals surface area contributed by atoms with Gasteiger partial charge in [0.05, 0.1) is 0 Å². The van der Waals surface area contributed by atoms with Crippen molar-refractivity contribution in [3.05, 3.63) is 29.3 Å². The molecule has 0 atom stereocenters. The third-order valence-electron chi connectivity index (χ3n) is 2.77. The van der Waals surface area contributed by atoms with Gasteiger partial charge in [-0.25, -0.2) is 0 Å². The summed E-state index contributed by atoms with van der Waals surface area (Å²) < 4.78 is 0. The number of hydrogen-bond acceptors (Lipinski definition) is 2. The monoisotopic (exact) mass is 235 g/mol. The summed E-state index contributed by atoms with van der Waals surface area (Å²) in [6, 6.07) is 6.45. The van der Waals surface area contributed by atoms with Gasteiger partial charge in [0, 0.05) is 25.2 Å². The highest BCUT2D eigenvalue weighted by Gasteiger charge is 2.06. The quantitative estimate of drug-likeness (QED) is 0.824. The number of benzene rings is 1. The number of aryl methyl sites for hydroxylation is 2. The first-order chi connectivity index (χ1) is 8.02. The highest BCUT2D eigenvalue weighted by atomic mass is 16.4. The summed E-state index contributed by atoms with van der Waals surface area (Å²) in [6.07, 6.45) is 0.928. The van der Waals surface area contributed by atoms with Crippen molar-refractivity contribution in [3.8, 4) is 0 Å². The maximum atomic E-state index is 10.5. The molecule has 0 spiro atoms. The van der Waals surface area contributed by atoms with Crippen LogP contribution >= 0.6 is 0 Å². The Labute approximate surface area is 103 Å². The van der Waals surface area contributed by atoms with E-state index in [0.29, 0.717) is 6.42 Å². The van der Waals surface area contributed by atoms with E-state index < -0.39 is 5.97 Å². The fourth-order valence-electron chi connectivity index (χ4n) is 2.02. The minimum absolute atomic E-state index is 0.237. The van der Waals surface area contributed by atoms with Gasteiger partial charge in [-0.15, -0.1) is 0 Å². The third-order valence-corrected chi connectivity index (χ3v) is 2.77. The fourth-order valence-corrected chi connectivity index (χ4v) is 2.02. The molecule has 0 heterocycles. The SMILES string of the molecule is CCN(CCCC(=O)O)c1cc(C)cc(C)c1. The minimum atomic E-state index is -0.721. The third kappa shape index (κ3) is 4.47. The van der Waals surface area contributed by atoms with E-state index in [4.69, 9.17) is 5.11 Å². The van der Waals surface area contributed by atoms with Crippen LogP contribution in [0.5, 0.6) is 0 Å². The molecule has 0 saturated heterocycles. The van der Waals surface area contributed by atoms with Crippen molar-refractivity contribution in [1.82, 2.24) is 0 Å². The zero-order valence-corrected chi connectivity index (χ0v) is 10.9. The van der Waals surface area contributed by atoms with Gasteiger partial charge in [0.2, 0.25) is 0 Å². The average molecular weight is 235 g/mol. The van der Waals surface area contributed by atoms with Crippen LogP contribution in [-0.2, 0) is 4.79 Å². The summed E-state index contributed by atoms with van der Waals surface area (Å²) in [4.78, 5) is 12.7. The largest absolute Gasteiger partial charge is 0.481 e. The molecule has 94 valence electrons. The van der Waals surface area contributed by atoms with E-state index >= 15 is 0 Å². The average Bonchev–Trinajstić information content (AvgIpc) is 2.22. The van der Waals surface area contributed by atoms with Gasteiger partial charge in [0.1, 0.15) is 0 Å². The lowest BCUT2D eigenvalue weighted by atomic mass is 10.1. The molecule has 1 rings (SSSR count). The van der Waals surface area contributed by atoms with E-state index in [1.54, 1.807) is 0 Å². The molecule has 1 aromatic carbocycles. The predicted molar refractivity (Wildman–Crippen MR) is 70.7 cm³/mol. The number of anilines is 1. The molecule has 17 heavy (non-hydrogen) atoms. The van der Waals surface area contributed by atoms with E-state index in [1.807, 2.05) is 0 Å². The van der Waals surface area contributed by atoms with Crippen LogP contribution in [0.4, 0.5) is 5.69 Å². The molecular formula is C14H21NO2. The molecular weight excluding hydrogens is 214 g/mol. The molecule has 3 nitrogen and oxygen atoms in total. The molecule has 0 amide bonds. The maximum absolute atomic E-state index is 10.5. The molecule has 0 aliphatic heterocycles. The van der Waals surface area contributed by atoms with E-state index in [0.717, 1.165) is 13.1 Å². The second-order valence-corrected chi connectivity index (χ2v) is 4.42. The number of hydrogen-bond donors (Lipinski definition) is 1. The Hall–Kier alpha value is -1.51. The molecule has 0 aromatic heterocycles. The Morgan fingerprint density at radius 3 is 2.29 bits per heavy atom. The van der Waals surface area contributed by atoms with Gasteiger partial charge < -0.3 is 10.0 Å². The molecule has 0 bridgehead atoms. The number of carbonyl (C=O) groups is 1. The van der Waals surface area contributed by atoms with Crippen LogP contribution in [0.2, 0.25) is 0 Å². The molecule has 0 unspecified atom stereocenters. The smallest absolute Gasteiger partial charge is 0.303 e. The second kappa shape index (κ2) is 6.28. The summed E-state index contributed by atoms with van der Waals surface area (Å²) in [5.74, 6) is -0.721. The summed E-state index contributed by atoms with van der Waals surface area (Å²) >= 11 is 0. The summed E-state index contributed by atoms with van der Waals surface area (Å²) in [6.45, 7) is 7.97. The lowest BCUT2D eigenvalue weighted by Crippen LogP contribution is -2.24. The zero-order valence-electron chi connectivity index (χ0n) is 10.9. The number of rotatable bonds is 6. The second-order valence-electron chi connectivity index (χ2n) is 4.42.